The zero-order chi connectivity index (χ0) is 36.0. The lowest BCUT2D eigenvalue weighted by molar-refractivity contribution is -0.206. The van der Waals surface area contributed by atoms with Crippen molar-refractivity contribution in [3.05, 3.63) is 113 Å². The minimum absolute atomic E-state index is 0.217. The number of ether oxygens (including phenoxy) is 3. The highest BCUT2D eigenvalue weighted by Crippen LogP contribution is 2.39. The van der Waals surface area contributed by atoms with Crippen LogP contribution in [0.2, 0.25) is 0 Å². The van der Waals surface area contributed by atoms with Gasteiger partial charge in [0.2, 0.25) is 0 Å². The van der Waals surface area contributed by atoms with Crippen molar-refractivity contribution in [2.24, 2.45) is 5.92 Å². The average molecular weight is 711 g/mol. The molecule has 0 N–H and O–H groups in total. The fourth-order valence-corrected chi connectivity index (χ4v) is 5.91. The molecule has 1 aliphatic rings. The first-order valence-corrected chi connectivity index (χ1v) is 16.4. The smallest absolute Gasteiger partial charge is 0.429 e. The van der Waals surface area contributed by atoms with E-state index in [0.717, 1.165) is 37.5 Å². The number of alkyl halides is 2. The van der Waals surface area contributed by atoms with Crippen LogP contribution in [-0.4, -0.2) is 13.2 Å². The maximum absolute atomic E-state index is 15.2. The number of benzene rings is 4. The van der Waals surface area contributed by atoms with E-state index in [2.05, 4.69) is 11.7 Å². The molecule has 4 aromatic rings. The molecule has 1 heterocycles. The zero-order valence-electron chi connectivity index (χ0n) is 27.1. The second kappa shape index (κ2) is 16.3. The first-order chi connectivity index (χ1) is 23.9. The maximum atomic E-state index is 15.2. The van der Waals surface area contributed by atoms with Crippen LogP contribution in [0.25, 0.3) is 22.3 Å². The standard InChI is InChI=1S/C38H35F9O3/c1-2-3-4-5-6-7-8-9-22-20-48-37(49-21-22)23-10-12-27(29(39)14-23)24-15-31(41)35(32(42)16-24)38(46,47)50-26-11-13-28(30(40)19-26)25-17-33(43)36(45)34(44)18-25/h10-19,22,37H,2-9,20-21H2,1H3. The molecule has 1 aliphatic heterocycles. The Morgan fingerprint density at radius 1 is 0.620 bits per heavy atom. The Bertz CT molecular complexity index is 1740. The van der Waals surface area contributed by atoms with Crippen molar-refractivity contribution in [2.45, 2.75) is 70.7 Å². The Labute approximate surface area is 284 Å². The largest absolute Gasteiger partial charge is 0.432 e. The van der Waals surface area contributed by atoms with E-state index >= 15 is 22.0 Å². The highest BCUT2D eigenvalue weighted by molar-refractivity contribution is 5.66. The van der Waals surface area contributed by atoms with Gasteiger partial charge in [0, 0.05) is 28.7 Å². The van der Waals surface area contributed by atoms with E-state index in [1.807, 2.05) is 0 Å². The first kappa shape index (κ1) is 37.2. The fourth-order valence-electron chi connectivity index (χ4n) is 5.91. The third-order valence-electron chi connectivity index (χ3n) is 8.57. The minimum Gasteiger partial charge on any atom is -0.429 e. The predicted octanol–water partition coefficient (Wildman–Crippen LogP) is 11.9. The summed E-state index contributed by atoms with van der Waals surface area (Å²) in [4.78, 5) is 0. The van der Waals surface area contributed by atoms with Crippen molar-refractivity contribution in [1.82, 2.24) is 0 Å². The number of halogens is 9. The highest BCUT2D eigenvalue weighted by Gasteiger charge is 2.41. The molecule has 0 atom stereocenters. The quantitative estimate of drug-likeness (QED) is 0.0741. The lowest BCUT2D eigenvalue weighted by Crippen LogP contribution is -2.27. The van der Waals surface area contributed by atoms with Crippen LogP contribution in [0.3, 0.4) is 0 Å². The van der Waals surface area contributed by atoms with Crippen molar-refractivity contribution in [1.29, 1.82) is 0 Å². The second-order valence-corrected chi connectivity index (χ2v) is 12.3. The van der Waals surface area contributed by atoms with Crippen LogP contribution in [0.4, 0.5) is 39.5 Å². The summed E-state index contributed by atoms with van der Waals surface area (Å²) in [5, 5.41) is 0. The van der Waals surface area contributed by atoms with E-state index in [9.17, 15) is 17.6 Å². The Balaban J connectivity index is 1.23. The van der Waals surface area contributed by atoms with Crippen LogP contribution < -0.4 is 4.74 Å². The molecule has 0 amide bonds. The van der Waals surface area contributed by atoms with Crippen LogP contribution in [0, 0.1) is 46.6 Å². The van der Waals surface area contributed by atoms with Crippen LogP contribution in [-0.2, 0) is 15.6 Å². The van der Waals surface area contributed by atoms with Gasteiger partial charge in [0.25, 0.3) is 0 Å². The third kappa shape index (κ3) is 8.81. The number of hydrogen-bond acceptors (Lipinski definition) is 3. The van der Waals surface area contributed by atoms with Crippen molar-refractivity contribution < 1.29 is 53.7 Å². The molecule has 50 heavy (non-hydrogen) atoms. The lowest BCUT2D eigenvalue weighted by atomic mass is 9.99. The summed E-state index contributed by atoms with van der Waals surface area (Å²) in [7, 11) is 0. The Morgan fingerprint density at radius 3 is 1.70 bits per heavy atom. The van der Waals surface area contributed by atoms with Crippen molar-refractivity contribution >= 4 is 0 Å². The predicted molar refractivity (Wildman–Crippen MR) is 169 cm³/mol. The number of unbranched alkanes of at least 4 members (excludes halogenated alkanes) is 6. The highest BCUT2D eigenvalue weighted by atomic mass is 19.3. The molecule has 0 bridgehead atoms. The van der Waals surface area contributed by atoms with Crippen LogP contribution in [0.15, 0.2) is 60.7 Å². The summed E-state index contributed by atoms with van der Waals surface area (Å²) in [5.74, 6) is -11.4. The SMILES string of the molecule is CCCCCCCCCC1COC(c2ccc(-c3cc(F)c(C(F)(F)Oc4ccc(-c5cc(F)c(F)c(F)c5)c(F)c4)c(F)c3)c(F)c2)OC1. The third-order valence-corrected chi connectivity index (χ3v) is 8.57. The summed E-state index contributed by atoms with van der Waals surface area (Å²) < 4.78 is 147. The summed E-state index contributed by atoms with van der Waals surface area (Å²) in [6.07, 6.45) is 3.79. The van der Waals surface area contributed by atoms with Crippen LogP contribution in [0.5, 0.6) is 5.75 Å². The Kier molecular flexibility index (Phi) is 12.2. The van der Waals surface area contributed by atoms with Gasteiger partial charge >= 0.3 is 6.11 Å². The Hall–Kier alpha value is -4.03. The number of hydrogen-bond donors (Lipinski definition) is 0. The van der Waals surface area contributed by atoms with Gasteiger partial charge in [-0.1, -0.05) is 64.0 Å². The molecular weight excluding hydrogens is 675 g/mol. The number of rotatable bonds is 14. The molecule has 0 spiro atoms. The normalized spacial score (nSPS) is 16.5. The molecule has 0 aromatic heterocycles. The van der Waals surface area contributed by atoms with E-state index in [1.54, 1.807) is 0 Å². The first-order valence-electron chi connectivity index (χ1n) is 16.4. The minimum atomic E-state index is -4.68. The van der Waals surface area contributed by atoms with Crippen LogP contribution in [0.1, 0.15) is 75.7 Å². The molecule has 12 heteroatoms. The molecule has 0 aliphatic carbocycles. The van der Waals surface area contributed by atoms with Gasteiger partial charge in [-0.05, 0) is 60.0 Å². The molecule has 268 valence electrons. The van der Waals surface area contributed by atoms with Gasteiger partial charge in [-0.2, -0.15) is 8.78 Å². The van der Waals surface area contributed by atoms with Crippen molar-refractivity contribution in [3.8, 4) is 28.0 Å². The molecule has 1 fully saturated rings. The monoisotopic (exact) mass is 710 g/mol. The molecule has 5 rings (SSSR count). The average Bonchev–Trinajstić information content (AvgIpc) is 3.06. The second-order valence-electron chi connectivity index (χ2n) is 12.3. The van der Waals surface area contributed by atoms with Gasteiger partial charge < -0.3 is 14.2 Å². The van der Waals surface area contributed by atoms with Gasteiger partial charge in [-0.3, -0.25) is 0 Å². The maximum Gasteiger partial charge on any atom is 0.432 e. The van der Waals surface area contributed by atoms with E-state index in [1.165, 1.54) is 44.2 Å². The van der Waals surface area contributed by atoms with Gasteiger partial charge in [0.15, 0.2) is 23.7 Å². The van der Waals surface area contributed by atoms with Gasteiger partial charge in [-0.15, -0.1) is 0 Å². The molecule has 1 saturated heterocycles. The topological polar surface area (TPSA) is 27.7 Å². The lowest BCUT2D eigenvalue weighted by Gasteiger charge is -2.30. The molecule has 3 nitrogen and oxygen atoms in total. The van der Waals surface area contributed by atoms with E-state index < -0.39 is 75.6 Å². The fraction of sp³-hybridized carbons (Fsp3) is 0.368. The Morgan fingerprint density at radius 2 is 1.14 bits per heavy atom. The van der Waals surface area contributed by atoms with Crippen molar-refractivity contribution in [3.63, 3.8) is 0 Å². The molecule has 0 unspecified atom stereocenters. The van der Waals surface area contributed by atoms with Crippen LogP contribution >= 0.6 is 0 Å². The van der Waals surface area contributed by atoms with Crippen molar-refractivity contribution in [2.75, 3.05) is 13.2 Å². The molecule has 4 aromatic carbocycles. The summed E-state index contributed by atoms with van der Waals surface area (Å²) in [6, 6.07) is 7.77. The summed E-state index contributed by atoms with van der Waals surface area (Å²) in [6.45, 7) is 3.05. The van der Waals surface area contributed by atoms with E-state index in [4.69, 9.17) is 9.47 Å². The van der Waals surface area contributed by atoms with E-state index in [0.29, 0.717) is 49.1 Å². The van der Waals surface area contributed by atoms with Gasteiger partial charge in [-0.25, -0.2) is 30.7 Å². The zero-order valence-corrected chi connectivity index (χ0v) is 27.1. The summed E-state index contributed by atoms with van der Waals surface area (Å²) in [5.41, 5.74) is -3.06. The van der Waals surface area contributed by atoms with Gasteiger partial charge in [0.1, 0.15) is 34.6 Å². The molecular formula is C38H35F9O3. The molecule has 0 saturated carbocycles. The summed E-state index contributed by atoms with van der Waals surface area (Å²) >= 11 is 0. The molecule has 0 radical (unpaired) electrons. The van der Waals surface area contributed by atoms with E-state index in [-0.39, 0.29) is 17.0 Å². The van der Waals surface area contributed by atoms with Gasteiger partial charge in [0.05, 0.1) is 13.2 Å².